The van der Waals surface area contributed by atoms with Crippen molar-refractivity contribution in [2.45, 2.75) is 13.0 Å². The van der Waals surface area contributed by atoms with Crippen molar-refractivity contribution in [1.29, 1.82) is 0 Å². The van der Waals surface area contributed by atoms with Gasteiger partial charge in [0.1, 0.15) is 0 Å². The van der Waals surface area contributed by atoms with E-state index in [0.29, 0.717) is 17.1 Å². The number of methoxy groups -OCH3 is 2. The predicted molar refractivity (Wildman–Crippen MR) is 61.7 cm³/mol. The lowest BCUT2D eigenvalue weighted by Crippen LogP contribution is -2.17. The summed E-state index contributed by atoms with van der Waals surface area (Å²) in [6, 6.07) is 4.51. The molecule has 0 saturated carbocycles. The molecule has 98 valence electrons. The maximum absolute atomic E-state index is 11.0. The van der Waals surface area contributed by atoms with E-state index >= 15 is 0 Å². The first-order chi connectivity index (χ1) is 8.49. The molecule has 0 aliphatic heterocycles. The Labute approximate surface area is 104 Å². The summed E-state index contributed by atoms with van der Waals surface area (Å²) in [6.45, 7) is 1.15. The Bertz CT molecular complexity index is 454. The van der Waals surface area contributed by atoms with Gasteiger partial charge < -0.3 is 19.3 Å². The third-order valence-corrected chi connectivity index (χ3v) is 2.22. The van der Waals surface area contributed by atoms with E-state index in [9.17, 15) is 9.59 Å². The molecule has 0 amide bonds. The van der Waals surface area contributed by atoms with Crippen molar-refractivity contribution in [2.24, 2.45) is 0 Å². The Kier molecular flexibility index (Phi) is 4.53. The molecular weight excluding hydrogens is 240 g/mol. The monoisotopic (exact) mass is 254 g/mol. The highest BCUT2D eigenvalue weighted by molar-refractivity contribution is 5.78. The molecule has 0 aliphatic rings. The Morgan fingerprint density at radius 3 is 2.22 bits per heavy atom. The summed E-state index contributed by atoms with van der Waals surface area (Å²) >= 11 is 0. The zero-order valence-electron chi connectivity index (χ0n) is 10.3. The van der Waals surface area contributed by atoms with Crippen molar-refractivity contribution in [2.75, 3.05) is 14.2 Å². The lowest BCUT2D eigenvalue weighted by molar-refractivity contribution is -0.163. The highest BCUT2D eigenvalue weighted by Crippen LogP contribution is 2.31. The topological polar surface area (TPSA) is 82.1 Å². The summed E-state index contributed by atoms with van der Waals surface area (Å²) in [7, 11) is 2.90. The second-order valence-corrected chi connectivity index (χ2v) is 3.44. The van der Waals surface area contributed by atoms with Gasteiger partial charge in [-0.05, 0) is 12.1 Å². The van der Waals surface area contributed by atoms with Crippen LogP contribution in [0.25, 0.3) is 0 Å². The van der Waals surface area contributed by atoms with Crippen LogP contribution in [0.2, 0.25) is 0 Å². The second-order valence-electron chi connectivity index (χ2n) is 3.44. The van der Waals surface area contributed by atoms with Crippen molar-refractivity contribution < 1.29 is 28.9 Å². The SMILES string of the molecule is COc1ccc([C@H](OC(C)=O)C(=O)O)cc1OC. The van der Waals surface area contributed by atoms with Crippen LogP contribution < -0.4 is 9.47 Å². The van der Waals surface area contributed by atoms with Gasteiger partial charge in [-0.3, -0.25) is 4.79 Å². The van der Waals surface area contributed by atoms with Crippen LogP contribution >= 0.6 is 0 Å². The smallest absolute Gasteiger partial charge is 0.349 e. The van der Waals surface area contributed by atoms with Gasteiger partial charge >= 0.3 is 11.9 Å². The fourth-order valence-electron chi connectivity index (χ4n) is 1.44. The van der Waals surface area contributed by atoms with Crippen LogP contribution in [0.15, 0.2) is 18.2 Å². The van der Waals surface area contributed by atoms with E-state index in [1.807, 2.05) is 0 Å². The second kappa shape index (κ2) is 5.90. The maximum Gasteiger partial charge on any atom is 0.349 e. The molecule has 0 heterocycles. The number of esters is 1. The molecular formula is C12H14O6. The number of carbonyl (C=O) groups is 2. The van der Waals surface area contributed by atoms with Crippen LogP contribution in [0.4, 0.5) is 0 Å². The van der Waals surface area contributed by atoms with Gasteiger partial charge in [0.05, 0.1) is 14.2 Å². The zero-order chi connectivity index (χ0) is 13.7. The molecule has 0 aliphatic carbocycles. The average molecular weight is 254 g/mol. The lowest BCUT2D eigenvalue weighted by Gasteiger charge is -2.15. The Hall–Kier alpha value is -2.24. The van der Waals surface area contributed by atoms with Crippen molar-refractivity contribution in [3.05, 3.63) is 23.8 Å². The first-order valence-electron chi connectivity index (χ1n) is 5.11. The average Bonchev–Trinajstić information content (AvgIpc) is 2.34. The third kappa shape index (κ3) is 3.13. The number of hydrogen-bond acceptors (Lipinski definition) is 5. The zero-order valence-corrected chi connectivity index (χ0v) is 10.3. The molecule has 18 heavy (non-hydrogen) atoms. The minimum Gasteiger partial charge on any atom is -0.493 e. The predicted octanol–water partition coefficient (Wildman–Crippen LogP) is 1.39. The molecule has 0 unspecified atom stereocenters. The number of carboxylic acids is 1. The number of benzene rings is 1. The number of hydrogen-bond donors (Lipinski definition) is 1. The highest BCUT2D eigenvalue weighted by atomic mass is 16.6. The van der Waals surface area contributed by atoms with Gasteiger partial charge in [0, 0.05) is 12.5 Å². The molecule has 0 fully saturated rings. The van der Waals surface area contributed by atoms with Gasteiger partial charge in [0.2, 0.25) is 6.10 Å². The van der Waals surface area contributed by atoms with E-state index in [4.69, 9.17) is 19.3 Å². The van der Waals surface area contributed by atoms with Gasteiger partial charge in [0.25, 0.3) is 0 Å². The van der Waals surface area contributed by atoms with Gasteiger partial charge in [-0.15, -0.1) is 0 Å². The quantitative estimate of drug-likeness (QED) is 0.799. The summed E-state index contributed by atoms with van der Waals surface area (Å²) in [5, 5.41) is 9.02. The largest absolute Gasteiger partial charge is 0.493 e. The van der Waals surface area contributed by atoms with E-state index in [1.54, 1.807) is 6.07 Å². The minimum absolute atomic E-state index is 0.301. The van der Waals surface area contributed by atoms with Gasteiger partial charge in [-0.25, -0.2) is 4.79 Å². The summed E-state index contributed by atoms with van der Waals surface area (Å²) in [6.07, 6.45) is -1.36. The van der Waals surface area contributed by atoms with Crippen LogP contribution in [-0.4, -0.2) is 31.3 Å². The van der Waals surface area contributed by atoms with Crippen LogP contribution in [0, 0.1) is 0 Å². The molecule has 0 bridgehead atoms. The molecule has 1 N–H and O–H groups in total. The van der Waals surface area contributed by atoms with Crippen molar-refractivity contribution in [1.82, 2.24) is 0 Å². The van der Waals surface area contributed by atoms with Crippen molar-refractivity contribution >= 4 is 11.9 Å². The van der Waals surface area contributed by atoms with E-state index in [2.05, 4.69) is 0 Å². The molecule has 6 nitrogen and oxygen atoms in total. The van der Waals surface area contributed by atoms with Crippen molar-refractivity contribution in [3.8, 4) is 11.5 Å². The van der Waals surface area contributed by atoms with E-state index < -0.39 is 18.0 Å². The molecule has 0 saturated heterocycles. The molecule has 1 atom stereocenters. The first-order valence-corrected chi connectivity index (χ1v) is 5.11. The Morgan fingerprint density at radius 1 is 1.17 bits per heavy atom. The van der Waals surface area contributed by atoms with Gasteiger partial charge in [-0.1, -0.05) is 6.07 Å². The van der Waals surface area contributed by atoms with Gasteiger partial charge in [-0.2, -0.15) is 0 Å². The minimum atomic E-state index is -1.36. The molecule has 6 heteroatoms. The molecule has 0 radical (unpaired) electrons. The van der Waals surface area contributed by atoms with Crippen molar-refractivity contribution in [3.63, 3.8) is 0 Å². The number of carbonyl (C=O) groups excluding carboxylic acids is 1. The van der Waals surface area contributed by atoms with E-state index in [1.165, 1.54) is 26.4 Å². The Balaban J connectivity index is 3.13. The van der Waals surface area contributed by atoms with Crippen LogP contribution in [0.5, 0.6) is 11.5 Å². The van der Waals surface area contributed by atoms with Crippen LogP contribution in [-0.2, 0) is 14.3 Å². The molecule has 0 spiro atoms. The van der Waals surface area contributed by atoms with Crippen LogP contribution in [0.3, 0.4) is 0 Å². The molecule has 0 aromatic heterocycles. The highest BCUT2D eigenvalue weighted by Gasteiger charge is 2.24. The maximum atomic E-state index is 11.0. The Morgan fingerprint density at radius 2 is 1.78 bits per heavy atom. The van der Waals surface area contributed by atoms with E-state index in [-0.39, 0.29) is 0 Å². The number of rotatable bonds is 5. The molecule has 1 aromatic carbocycles. The summed E-state index contributed by atoms with van der Waals surface area (Å²) in [5.41, 5.74) is 0.301. The lowest BCUT2D eigenvalue weighted by atomic mass is 10.1. The van der Waals surface area contributed by atoms with Crippen LogP contribution in [0.1, 0.15) is 18.6 Å². The third-order valence-electron chi connectivity index (χ3n) is 2.22. The standard InChI is InChI=1S/C12H14O6/c1-7(13)18-11(12(14)15)8-4-5-9(16-2)10(6-8)17-3/h4-6,11H,1-3H3,(H,14,15)/t11-/m0/s1. The fraction of sp³-hybridized carbons (Fsp3) is 0.333. The molecule has 1 aromatic rings. The summed E-state index contributed by atoms with van der Waals surface area (Å²) in [4.78, 5) is 21.9. The summed E-state index contributed by atoms with van der Waals surface area (Å²) < 4.78 is 14.8. The number of carboxylic acid groups (broad SMARTS) is 1. The van der Waals surface area contributed by atoms with E-state index in [0.717, 1.165) is 6.92 Å². The fourth-order valence-corrected chi connectivity index (χ4v) is 1.44. The number of aliphatic carboxylic acids is 1. The summed E-state index contributed by atoms with van der Waals surface area (Å²) in [5.74, 6) is -1.09. The van der Waals surface area contributed by atoms with Gasteiger partial charge in [0.15, 0.2) is 11.5 Å². The normalized spacial score (nSPS) is 11.5. The first kappa shape index (κ1) is 13.8. The number of ether oxygens (including phenoxy) is 3. The molecule has 1 rings (SSSR count).